The predicted molar refractivity (Wildman–Crippen MR) is 62.3 cm³/mol. The molecule has 1 aromatic rings. The van der Waals surface area contributed by atoms with E-state index in [0.717, 1.165) is 0 Å². The molecule has 1 aromatic heterocycles. The number of hydrogen-bond donors (Lipinski definition) is 1. The number of carbonyl (C=O) groups excluding carboxylic acids is 1. The van der Waals surface area contributed by atoms with Crippen LogP contribution in [0.4, 0.5) is 18.9 Å². The van der Waals surface area contributed by atoms with Crippen LogP contribution in [0.25, 0.3) is 0 Å². The van der Waals surface area contributed by atoms with Crippen LogP contribution in [0.1, 0.15) is 23.3 Å². The average molecular weight is 276 g/mol. The van der Waals surface area contributed by atoms with Crippen LogP contribution >= 0.6 is 0 Å². The topological polar surface area (TPSA) is 64.2 Å². The van der Waals surface area contributed by atoms with Crippen molar-refractivity contribution < 1.29 is 18.0 Å². The van der Waals surface area contributed by atoms with Gasteiger partial charge in [0.25, 0.3) is 5.91 Å². The van der Waals surface area contributed by atoms with Crippen molar-refractivity contribution in [3.05, 3.63) is 11.9 Å². The lowest BCUT2D eigenvalue weighted by molar-refractivity contribution is -0.183. The first kappa shape index (κ1) is 13.7. The van der Waals surface area contributed by atoms with E-state index in [1.807, 2.05) is 0 Å². The van der Waals surface area contributed by atoms with E-state index in [9.17, 15) is 18.0 Å². The molecule has 2 heterocycles. The average Bonchev–Trinajstić information content (AvgIpc) is 2.66. The van der Waals surface area contributed by atoms with E-state index in [4.69, 9.17) is 5.73 Å². The summed E-state index contributed by atoms with van der Waals surface area (Å²) in [5.41, 5.74) is 5.98. The Hall–Kier alpha value is -1.73. The van der Waals surface area contributed by atoms with Gasteiger partial charge in [0, 0.05) is 26.3 Å². The first-order valence-corrected chi connectivity index (χ1v) is 5.94. The Morgan fingerprint density at radius 2 is 2.00 bits per heavy atom. The molecular formula is C11H15F3N4O. The molecule has 1 saturated heterocycles. The van der Waals surface area contributed by atoms with Gasteiger partial charge in [0.1, 0.15) is 0 Å². The summed E-state index contributed by atoms with van der Waals surface area (Å²) in [7, 11) is 1.63. The number of piperidine rings is 1. The van der Waals surface area contributed by atoms with E-state index >= 15 is 0 Å². The molecule has 1 aliphatic rings. The SMILES string of the molecule is Cn1cc(N)c(C(=O)N2CCC(C(F)(F)F)CC2)n1. The minimum atomic E-state index is -4.18. The fourth-order valence-electron chi connectivity index (χ4n) is 2.23. The van der Waals surface area contributed by atoms with Gasteiger partial charge in [-0.1, -0.05) is 0 Å². The fraction of sp³-hybridized carbons (Fsp3) is 0.636. The van der Waals surface area contributed by atoms with Crippen LogP contribution in [-0.4, -0.2) is 39.9 Å². The van der Waals surface area contributed by atoms with E-state index in [-0.39, 0.29) is 37.3 Å². The second-order valence-corrected chi connectivity index (χ2v) is 4.71. The summed E-state index contributed by atoms with van der Waals surface area (Å²) in [6.07, 6.45) is -2.82. The highest BCUT2D eigenvalue weighted by Crippen LogP contribution is 2.34. The van der Waals surface area contributed by atoms with Crippen molar-refractivity contribution in [2.75, 3.05) is 18.8 Å². The van der Waals surface area contributed by atoms with Crippen LogP contribution in [0.2, 0.25) is 0 Å². The lowest BCUT2D eigenvalue weighted by Crippen LogP contribution is -2.42. The van der Waals surface area contributed by atoms with Gasteiger partial charge in [-0.15, -0.1) is 0 Å². The highest BCUT2D eigenvalue weighted by molar-refractivity contribution is 5.97. The normalized spacial score (nSPS) is 17.8. The van der Waals surface area contributed by atoms with Gasteiger partial charge in [-0.25, -0.2) is 0 Å². The maximum Gasteiger partial charge on any atom is 0.391 e. The molecule has 106 valence electrons. The Morgan fingerprint density at radius 1 is 1.42 bits per heavy atom. The molecule has 1 amide bonds. The van der Waals surface area contributed by atoms with Crippen LogP contribution < -0.4 is 5.73 Å². The lowest BCUT2D eigenvalue weighted by Gasteiger charge is -2.32. The van der Waals surface area contributed by atoms with Crippen molar-refractivity contribution in [2.24, 2.45) is 13.0 Å². The van der Waals surface area contributed by atoms with E-state index in [0.29, 0.717) is 0 Å². The summed E-state index contributed by atoms with van der Waals surface area (Å²) in [6.45, 7) is 0.165. The zero-order valence-electron chi connectivity index (χ0n) is 10.4. The third-order valence-corrected chi connectivity index (χ3v) is 3.30. The number of nitrogen functional groups attached to an aromatic ring is 1. The predicted octanol–water partition coefficient (Wildman–Crippen LogP) is 1.42. The number of nitrogens with zero attached hydrogens (tertiary/aromatic N) is 3. The summed E-state index contributed by atoms with van der Waals surface area (Å²) in [4.78, 5) is 13.5. The Balaban J connectivity index is 2.02. The van der Waals surface area contributed by atoms with Crippen molar-refractivity contribution >= 4 is 11.6 Å². The summed E-state index contributed by atoms with van der Waals surface area (Å²) >= 11 is 0. The summed E-state index contributed by atoms with van der Waals surface area (Å²) in [5.74, 6) is -1.73. The zero-order chi connectivity index (χ0) is 14.2. The van der Waals surface area contributed by atoms with Crippen molar-refractivity contribution in [3.8, 4) is 0 Å². The zero-order valence-corrected chi connectivity index (χ0v) is 10.4. The van der Waals surface area contributed by atoms with Crippen molar-refractivity contribution in [1.82, 2.24) is 14.7 Å². The number of hydrogen-bond acceptors (Lipinski definition) is 3. The molecule has 0 radical (unpaired) electrons. The fourth-order valence-corrected chi connectivity index (χ4v) is 2.23. The molecule has 0 aromatic carbocycles. The van der Waals surface area contributed by atoms with Crippen molar-refractivity contribution in [1.29, 1.82) is 0 Å². The molecule has 0 spiro atoms. The van der Waals surface area contributed by atoms with E-state index in [2.05, 4.69) is 5.10 Å². The molecule has 5 nitrogen and oxygen atoms in total. The van der Waals surface area contributed by atoms with Crippen LogP contribution in [0.15, 0.2) is 6.20 Å². The molecule has 2 N–H and O–H groups in total. The minimum absolute atomic E-state index is 0.0675. The second kappa shape index (κ2) is 4.75. The largest absolute Gasteiger partial charge is 0.396 e. The molecule has 0 saturated carbocycles. The molecule has 1 fully saturated rings. The number of aryl methyl sites for hydroxylation is 1. The van der Waals surface area contributed by atoms with Gasteiger partial charge in [0.05, 0.1) is 11.6 Å². The molecule has 0 aliphatic carbocycles. The molecule has 1 aliphatic heterocycles. The maximum absolute atomic E-state index is 12.5. The quantitative estimate of drug-likeness (QED) is 0.843. The molecule has 19 heavy (non-hydrogen) atoms. The summed E-state index contributed by atoms with van der Waals surface area (Å²) in [5, 5.41) is 3.93. The molecule has 0 unspecified atom stereocenters. The summed E-state index contributed by atoms with van der Waals surface area (Å²) < 4.78 is 39.0. The van der Waals surface area contributed by atoms with Gasteiger partial charge >= 0.3 is 6.18 Å². The summed E-state index contributed by atoms with van der Waals surface area (Å²) in [6, 6.07) is 0. The van der Waals surface area contributed by atoms with Gasteiger partial charge in [0.15, 0.2) is 5.69 Å². The van der Waals surface area contributed by atoms with Crippen LogP contribution in [0.3, 0.4) is 0 Å². The van der Waals surface area contributed by atoms with Gasteiger partial charge in [0.2, 0.25) is 0 Å². The van der Waals surface area contributed by atoms with Crippen LogP contribution in [0.5, 0.6) is 0 Å². The third-order valence-electron chi connectivity index (χ3n) is 3.30. The molecule has 0 bridgehead atoms. The molecular weight excluding hydrogens is 261 g/mol. The molecule has 2 rings (SSSR count). The smallest absolute Gasteiger partial charge is 0.391 e. The lowest BCUT2D eigenvalue weighted by atomic mass is 9.96. The molecule has 8 heteroatoms. The monoisotopic (exact) mass is 276 g/mol. The van der Waals surface area contributed by atoms with Crippen molar-refractivity contribution in [2.45, 2.75) is 19.0 Å². The highest BCUT2D eigenvalue weighted by atomic mass is 19.4. The minimum Gasteiger partial charge on any atom is -0.396 e. The Kier molecular flexibility index (Phi) is 3.42. The second-order valence-electron chi connectivity index (χ2n) is 4.71. The number of aromatic nitrogens is 2. The van der Waals surface area contributed by atoms with Crippen LogP contribution in [0, 0.1) is 5.92 Å². The van der Waals surface area contributed by atoms with Gasteiger partial charge in [-0.3, -0.25) is 9.48 Å². The van der Waals surface area contributed by atoms with Gasteiger partial charge < -0.3 is 10.6 Å². The van der Waals surface area contributed by atoms with Gasteiger partial charge in [-0.05, 0) is 12.8 Å². The van der Waals surface area contributed by atoms with E-state index in [1.165, 1.54) is 15.8 Å². The number of halogens is 3. The highest BCUT2D eigenvalue weighted by Gasteiger charge is 2.42. The maximum atomic E-state index is 12.5. The van der Waals surface area contributed by atoms with E-state index in [1.54, 1.807) is 7.05 Å². The first-order chi connectivity index (χ1) is 8.79. The third kappa shape index (κ3) is 2.82. The van der Waals surface area contributed by atoms with Crippen molar-refractivity contribution in [3.63, 3.8) is 0 Å². The number of rotatable bonds is 1. The van der Waals surface area contributed by atoms with E-state index < -0.39 is 18.0 Å². The number of anilines is 1. The number of carbonyl (C=O) groups is 1. The van der Waals surface area contributed by atoms with Gasteiger partial charge in [-0.2, -0.15) is 18.3 Å². The number of amides is 1. The Labute approximate surface area is 108 Å². The van der Waals surface area contributed by atoms with Crippen LogP contribution in [-0.2, 0) is 7.05 Å². The number of alkyl halides is 3. The first-order valence-electron chi connectivity index (χ1n) is 5.94. The number of nitrogens with two attached hydrogens (primary N) is 1. The Morgan fingerprint density at radius 3 is 2.42 bits per heavy atom. The molecule has 0 atom stereocenters. The number of likely N-dealkylation sites (tertiary alicyclic amines) is 1. The Bertz CT molecular complexity index is 475. The standard InChI is InChI=1S/C11H15F3N4O/c1-17-6-8(15)9(16-17)10(19)18-4-2-7(3-5-18)11(12,13)14/h6-7H,2-5,15H2,1H3.